The van der Waals surface area contributed by atoms with Gasteiger partial charge in [-0.2, -0.15) is 0 Å². The summed E-state index contributed by atoms with van der Waals surface area (Å²) in [5.41, 5.74) is 4.92. The van der Waals surface area contributed by atoms with Gasteiger partial charge < -0.3 is 14.2 Å². The fourth-order valence-corrected chi connectivity index (χ4v) is 5.75. The first-order valence-corrected chi connectivity index (χ1v) is 14.5. The number of aromatic nitrogens is 3. The Morgan fingerprint density at radius 3 is 2.51 bits per heavy atom. The second-order valence-corrected chi connectivity index (χ2v) is 11.1. The zero-order valence-electron chi connectivity index (χ0n) is 22.9. The second kappa shape index (κ2) is 12.0. The Balaban J connectivity index is 1.77. The third kappa shape index (κ3) is 6.29. The summed E-state index contributed by atoms with van der Waals surface area (Å²) in [6.45, 7) is 10.00. The number of benzene rings is 2. The van der Waals surface area contributed by atoms with Gasteiger partial charge in [0.05, 0.1) is 17.2 Å². The lowest BCUT2D eigenvalue weighted by Gasteiger charge is -2.16. The number of ether oxygens (including phenoxy) is 1. The van der Waals surface area contributed by atoms with Gasteiger partial charge in [0.25, 0.3) is 15.6 Å². The number of aromatic amines is 1. The van der Waals surface area contributed by atoms with E-state index in [0.717, 1.165) is 28.8 Å². The van der Waals surface area contributed by atoms with Gasteiger partial charge >= 0.3 is 0 Å². The van der Waals surface area contributed by atoms with Crippen molar-refractivity contribution in [2.75, 3.05) is 11.3 Å². The van der Waals surface area contributed by atoms with E-state index in [2.05, 4.69) is 26.8 Å². The van der Waals surface area contributed by atoms with Gasteiger partial charge in [0.2, 0.25) is 0 Å². The lowest BCUT2D eigenvalue weighted by molar-refractivity contribution is 0.134. The fourth-order valence-electron chi connectivity index (χ4n) is 4.47. The molecule has 9 nitrogen and oxygen atoms in total. The normalized spacial score (nSPS) is 11.6. The summed E-state index contributed by atoms with van der Waals surface area (Å²) >= 11 is 0. The van der Waals surface area contributed by atoms with Crippen LogP contribution in [0.2, 0.25) is 0 Å². The SMILES string of the molecule is CCCc1nc(C)[nH]c(=O)c1Cc1ccc(-c2ccccc2S(=O)(=O)Nc2noc(C)c2C)c(COCC)c1. The number of aryl methyl sites for hydroxylation is 3. The van der Waals surface area contributed by atoms with Crippen LogP contribution in [0.4, 0.5) is 5.82 Å². The van der Waals surface area contributed by atoms with E-state index in [9.17, 15) is 13.2 Å². The third-order valence-electron chi connectivity index (χ3n) is 6.57. The standard InChI is InChI=1S/C29H34N4O5S/c1-6-10-26-25(29(34)31-20(5)30-26)16-21-13-14-23(22(15-21)17-37-7-2)24-11-8-9-12-27(24)39(35,36)33-28-18(3)19(4)38-32-28/h8-9,11-15H,6-7,10,16-17H2,1-5H3,(H,32,33)(H,30,31,34). The predicted octanol–water partition coefficient (Wildman–Crippen LogP) is 5.23. The van der Waals surface area contributed by atoms with Crippen molar-refractivity contribution in [3.63, 3.8) is 0 Å². The fraction of sp³-hybridized carbons (Fsp3) is 0.345. The minimum absolute atomic E-state index is 0.111. The molecule has 0 bridgehead atoms. The van der Waals surface area contributed by atoms with Gasteiger partial charge in [0.1, 0.15) is 11.6 Å². The van der Waals surface area contributed by atoms with Gasteiger partial charge in [-0.05, 0) is 56.9 Å². The molecule has 2 aromatic carbocycles. The summed E-state index contributed by atoms with van der Waals surface area (Å²) in [7, 11) is -3.99. The molecule has 0 amide bonds. The molecule has 0 saturated heterocycles. The van der Waals surface area contributed by atoms with E-state index >= 15 is 0 Å². The molecule has 0 unspecified atom stereocenters. The molecule has 0 fully saturated rings. The molecule has 2 heterocycles. The van der Waals surface area contributed by atoms with Crippen molar-refractivity contribution in [1.82, 2.24) is 15.1 Å². The lowest BCUT2D eigenvalue weighted by atomic mass is 9.94. The quantitative estimate of drug-likeness (QED) is 0.262. The first kappa shape index (κ1) is 28.3. The zero-order valence-corrected chi connectivity index (χ0v) is 23.7. The van der Waals surface area contributed by atoms with Crippen LogP contribution in [-0.4, -0.2) is 30.1 Å². The maximum absolute atomic E-state index is 13.5. The molecule has 0 aliphatic rings. The monoisotopic (exact) mass is 550 g/mol. The van der Waals surface area contributed by atoms with Crippen molar-refractivity contribution in [3.8, 4) is 11.1 Å². The molecular weight excluding hydrogens is 516 g/mol. The molecular formula is C29H34N4O5S. The molecule has 4 aromatic rings. The highest BCUT2D eigenvalue weighted by Crippen LogP contribution is 2.33. The van der Waals surface area contributed by atoms with E-state index in [-0.39, 0.29) is 22.9 Å². The van der Waals surface area contributed by atoms with Crippen LogP contribution in [0.3, 0.4) is 0 Å². The molecule has 10 heteroatoms. The Morgan fingerprint density at radius 2 is 1.82 bits per heavy atom. The van der Waals surface area contributed by atoms with Gasteiger partial charge in [0, 0.05) is 29.7 Å². The van der Waals surface area contributed by atoms with E-state index < -0.39 is 10.0 Å². The molecule has 0 aliphatic heterocycles. The maximum atomic E-state index is 13.5. The summed E-state index contributed by atoms with van der Waals surface area (Å²) < 4.78 is 40.4. The first-order chi connectivity index (χ1) is 18.6. The van der Waals surface area contributed by atoms with Gasteiger partial charge in [0.15, 0.2) is 5.82 Å². The molecule has 0 saturated carbocycles. The number of anilines is 1. The van der Waals surface area contributed by atoms with Gasteiger partial charge in [-0.25, -0.2) is 13.4 Å². The number of nitrogens with zero attached hydrogens (tertiary/aromatic N) is 2. The number of sulfonamides is 1. The first-order valence-electron chi connectivity index (χ1n) is 13.0. The van der Waals surface area contributed by atoms with Crippen LogP contribution in [0.1, 0.15) is 59.8 Å². The Bertz CT molecular complexity index is 1640. The lowest BCUT2D eigenvalue weighted by Crippen LogP contribution is -2.19. The molecule has 4 rings (SSSR count). The minimum Gasteiger partial charge on any atom is -0.377 e. The highest BCUT2D eigenvalue weighted by atomic mass is 32.2. The summed E-state index contributed by atoms with van der Waals surface area (Å²) in [6.07, 6.45) is 2.00. The second-order valence-electron chi connectivity index (χ2n) is 9.45. The van der Waals surface area contributed by atoms with Gasteiger partial charge in [-0.3, -0.25) is 9.52 Å². The Hall–Kier alpha value is -3.76. The molecule has 0 spiro atoms. The number of hydrogen-bond donors (Lipinski definition) is 2. The van der Waals surface area contributed by atoms with E-state index in [1.165, 1.54) is 0 Å². The molecule has 0 radical (unpaired) electrons. The van der Waals surface area contributed by atoms with Crippen LogP contribution in [0, 0.1) is 20.8 Å². The summed E-state index contributed by atoms with van der Waals surface area (Å²) in [6, 6.07) is 12.6. The van der Waals surface area contributed by atoms with Gasteiger partial charge in [-0.1, -0.05) is 54.9 Å². The van der Waals surface area contributed by atoms with Crippen molar-refractivity contribution in [1.29, 1.82) is 0 Å². The highest BCUT2D eigenvalue weighted by Gasteiger charge is 2.24. The molecule has 2 aromatic heterocycles. The van der Waals surface area contributed by atoms with E-state index in [4.69, 9.17) is 9.26 Å². The smallest absolute Gasteiger partial charge is 0.263 e. The van der Waals surface area contributed by atoms with Crippen LogP contribution >= 0.6 is 0 Å². The van der Waals surface area contributed by atoms with Gasteiger partial charge in [-0.15, -0.1) is 0 Å². The molecule has 206 valence electrons. The number of nitrogens with one attached hydrogen (secondary N) is 2. The highest BCUT2D eigenvalue weighted by molar-refractivity contribution is 7.92. The summed E-state index contributed by atoms with van der Waals surface area (Å²) in [5.74, 6) is 1.30. The Labute approximate surface area is 228 Å². The zero-order chi connectivity index (χ0) is 28.2. The molecule has 39 heavy (non-hydrogen) atoms. The number of hydrogen-bond acceptors (Lipinski definition) is 7. The van der Waals surface area contributed by atoms with Crippen LogP contribution < -0.4 is 10.3 Å². The van der Waals surface area contributed by atoms with Crippen LogP contribution in [0.15, 0.2) is 56.7 Å². The Kier molecular flexibility index (Phi) is 8.66. The predicted molar refractivity (Wildman–Crippen MR) is 150 cm³/mol. The topological polar surface area (TPSA) is 127 Å². The average Bonchev–Trinajstić information content (AvgIpc) is 3.21. The largest absolute Gasteiger partial charge is 0.377 e. The summed E-state index contributed by atoms with van der Waals surface area (Å²) in [5, 5.41) is 3.85. The van der Waals surface area contributed by atoms with Crippen molar-refractivity contribution in [3.05, 3.63) is 92.4 Å². The van der Waals surface area contributed by atoms with Crippen molar-refractivity contribution < 1.29 is 17.7 Å². The third-order valence-corrected chi connectivity index (χ3v) is 7.97. The van der Waals surface area contributed by atoms with Crippen LogP contribution in [0.5, 0.6) is 0 Å². The number of H-pyrrole nitrogens is 1. The maximum Gasteiger partial charge on any atom is 0.263 e. The molecule has 0 aliphatic carbocycles. The van der Waals surface area contributed by atoms with E-state index in [1.807, 2.05) is 25.1 Å². The van der Waals surface area contributed by atoms with Crippen LogP contribution in [-0.2, 0) is 34.2 Å². The average molecular weight is 551 g/mol. The minimum atomic E-state index is -3.99. The van der Waals surface area contributed by atoms with Crippen molar-refractivity contribution >= 4 is 15.8 Å². The van der Waals surface area contributed by atoms with Crippen LogP contribution in [0.25, 0.3) is 11.1 Å². The summed E-state index contributed by atoms with van der Waals surface area (Å²) in [4.78, 5) is 20.3. The van der Waals surface area contributed by atoms with Crippen molar-refractivity contribution in [2.24, 2.45) is 0 Å². The van der Waals surface area contributed by atoms with Crippen molar-refractivity contribution in [2.45, 2.75) is 65.4 Å². The van der Waals surface area contributed by atoms with E-state index in [1.54, 1.807) is 45.0 Å². The molecule has 2 N–H and O–H groups in total. The van der Waals surface area contributed by atoms with E-state index in [0.29, 0.717) is 47.7 Å². The molecule has 0 atom stereocenters. The number of rotatable bonds is 11. The Morgan fingerprint density at radius 1 is 1.05 bits per heavy atom.